The number of esters is 1. The molecule has 27 heavy (non-hydrogen) atoms. The number of carbonyl (C=O) groups is 2. The average molecular weight is 386 g/mol. The van der Waals surface area contributed by atoms with Gasteiger partial charge in [-0.3, -0.25) is 14.9 Å². The molecule has 0 fully saturated rings. The summed E-state index contributed by atoms with van der Waals surface area (Å²) in [5.74, 6) is -1.04. The average Bonchev–Trinajstić information content (AvgIpc) is 3.17. The van der Waals surface area contributed by atoms with Crippen molar-refractivity contribution in [1.29, 1.82) is 0 Å². The molecule has 0 saturated carbocycles. The topological polar surface area (TPSA) is 99.7 Å². The van der Waals surface area contributed by atoms with Crippen LogP contribution in [0, 0.1) is 10.1 Å². The molecule has 8 heteroatoms. The first-order chi connectivity index (χ1) is 13.0. The fourth-order valence-electron chi connectivity index (χ4n) is 2.32. The first-order valence-electron chi connectivity index (χ1n) is 7.75. The van der Waals surface area contributed by atoms with Crippen LogP contribution in [0.5, 0.6) is 0 Å². The standard InChI is InChI=1S/C19H12ClNO6/c20-14-7-6-13(10-15(14)21(24)25)17-8-9-18(27-17)19(23)26-11-16(22)12-4-2-1-3-5-12/h1-10H,11H2. The Bertz CT molecular complexity index is 1010. The van der Waals surface area contributed by atoms with Gasteiger partial charge in [-0.2, -0.15) is 0 Å². The minimum atomic E-state index is -0.811. The molecule has 3 aromatic rings. The van der Waals surface area contributed by atoms with E-state index >= 15 is 0 Å². The van der Waals surface area contributed by atoms with Gasteiger partial charge in [0, 0.05) is 17.2 Å². The highest BCUT2D eigenvalue weighted by Gasteiger charge is 2.18. The smallest absolute Gasteiger partial charge is 0.374 e. The Labute approximate surface area is 158 Å². The number of hydrogen-bond acceptors (Lipinski definition) is 6. The number of nitro groups is 1. The van der Waals surface area contributed by atoms with E-state index < -0.39 is 17.5 Å². The van der Waals surface area contributed by atoms with Crippen LogP contribution in [0.3, 0.4) is 0 Å². The maximum atomic E-state index is 12.1. The maximum absolute atomic E-state index is 12.1. The summed E-state index contributed by atoms with van der Waals surface area (Å²) in [6, 6.07) is 15.4. The molecule has 0 radical (unpaired) electrons. The number of Topliss-reactive ketones (excluding diaryl/α,β-unsaturated/α-hetero) is 1. The van der Waals surface area contributed by atoms with Gasteiger partial charge in [0.2, 0.25) is 5.76 Å². The Kier molecular flexibility index (Phi) is 5.33. The summed E-state index contributed by atoms with van der Waals surface area (Å²) in [5.41, 5.74) is 0.535. The lowest BCUT2D eigenvalue weighted by atomic mass is 10.1. The number of furan rings is 1. The predicted molar refractivity (Wildman–Crippen MR) is 96.9 cm³/mol. The summed E-state index contributed by atoms with van der Waals surface area (Å²) in [4.78, 5) is 34.4. The third-order valence-electron chi connectivity index (χ3n) is 3.66. The zero-order valence-electron chi connectivity index (χ0n) is 13.8. The Hall–Kier alpha value is -3.45. The van der Waals surface area contributed by atoms with Crippen LogP contribution >= 0.6 is 11.6 Å². The number of ether oxygens (including phenoxy) is 1. The fraction of sp³-hybridized carbons (Fsp3) is 0.0526. The van der Waals surface area contributed by atoms with E-state index in [9.17, 15) is 19.7 Å². The molecular formula is C19H12ClNO6. The number of halogens is 1. The monoisotopic (exact) mass is 385 g/mol. The molecule has 0 N–H and O–H groups in total. The summed E-state index contributed by atoms with van der Waals surface area (Å²) in [6.07, 6.45) is 0. The Balaban J connectivity index is 1.70. The quantitative estimate of drug-likeness (QED) is 0.267. The number of carbonyl (C=O) groups excluding carboxylic acids is 2. The Morgan fingerprint density at radius 1 is 1.07 bits per heavy atom. The highest BCUT2D eigenvalue weighted by atomic mass is 35.5. The van der Waals surface area contributed by atoms with Crippen LogP contribution in [0.2, 0.25) is 5.02 Å². The molecule has 0 atom stereocenters. The molecular weight excluding hydrogens is 374 g/mol. The van der Waals surface area contributed by atoms with Crippen LogP contribution in [0.15, 0.2) is 65.1 Å². The zero-order chi connectivity index (χ0) is 19.4. The zero-order valence-corrected chi connectivity index (χ0v) is 14.5. The van der Waals surface area contributed by atoms with E-state index in [-0.39, 0.29) is 28.0 Å². The molecule has 0 saturated heterocycles. The SMILES string of the molecule is O=C(COC(=O)c1ccc(-c2ccc(Cl)c([N+](=O)[O-])c2)o1)c1ccccc1. The van der Waals surface area contributed by atoms with E-state index in [2.05, 4.69) is 0 Å². The van der Waals surface area contributed by atoms with Gasteiger partial charge in [-0.1, -0.05) is 41.9 Å². The van der Waals surface area contributed by atoms with Crippen LogP contribution in [-0.2, 0) is 4.74 Å². The van der Waals surface area contributed by atoms with Crippen LogP contribution < -0.4 is 0 Å². The lowest BCUT2D eigenvalue weighted by Gasteiger charge is -2.03. The summed E-state index contributed by atoms with van der Waals surface area (Å²) in [5, 5.41) is 11.0. The molecule has 0 aliphatic carbocycles. The third-order valence-corrected chi connectivity index (χ3v) is 3.98. The predicted octanol–water partition coefficient (Wildman–Crippen LogP) is 4.55. The van der Waals surface area contributed by atoms with Gasteiger partial charge in [-0.05, 0) is 24.3 Å². The van der Waals surface area contributed by atoms with Crippen LogP contribution in [0.4, 0.5) is 5.69 Å². The van der Waals surface area contributed by atoms with Gasteiger partial charge in [0.15, 0.2) is 12.4 Å². The second-order valence-corrected chi connectivity index (χ2v) is 5.86. The van der Waals surface area contributed by atoms with Gasteiger partial charge in [0.05, 0.1) is 4.92 Å². The number of hydrogen-bond donors (Lipinski definition) is 0. The van der Waals surface area contributed by atoms with E-state index in [4.69, 9.17) is 20.8 Å². The van der Waals surface area contributed by atoms with Crippen molar-refractivity contribution in [2.24, 2.45) is 0 Å². The fourth-order valence-corrected chi connectivity index (χ4v) is 2.50. The van der Waals surface area contributed by atoms with Gasteiger partial charge in [-0.25, -0.2) is 4.79 Å². The van der Waals surface area contributed by atoms with Gasteiger partial charge >= 0.3 is 5.97 Å². The van der Waals surface area contributed by atoms with Gasteiger partial charge in [-0.15, -0.1) is 0 Å². The summed E-state index contributed by atoms with van der Waals surface area (Å²) in [7, 11) is 0. The first kappa shape index (κ1) is 18.3. The summed E-state index contributed by atoms with van der Waals surface area (Å²) >= 11 is 5.78. The summed E-state index contributed by atoms with van der Waals surface area (Å²) < 4.78 is 10.4. The van der Waals surface area contributed by atoms with E-state index in [1.807, 2.05) is 0 Å². The minimum absolute atomic E-state index is 0.00522. The second kappa shape index (κ2) is 7.84. The number of rotatable bonds is 6. The number of ketones is 1. The van der Waals surface area contributed by atoms with Crippen LogP contribution in [0.1, 0.15) is 20.9 Å². The Morgan fingerprint density at radius 3 is 2.52 bits per heavy atom. The molecule has 3 rings (SSSR count). The molecule has 7 nitrogen and oxygen atoms in total. The van der Waals surface area contributed by atoms with E-state index in [0.29, 0.717) is 11.1 Å². The molecule has 1 heterocycles. The highest BCUT2D eigenvalue weighted by Crippen LogP contribution is 2.31. The molecule has 0 unspecified atom stereocenters. The normalized spacial score (nSPS) is 10.4. The van der Waals surface area contributed by atoms with Crippen LogP contribution in [0.25, 0.3) is 11.3 Å². The van der Waals surface area contributed by atoms with Crippen molar-refractivity contribution >= 4 is 29.0 Å². The maximum Gasteiger partial charge on any atom is 0.374 e. The van der Waals surface area contributed by atoms with Crippen molar-refractivity contribution in [2.45, 2.75) is 0 Å². The van der Waals surface area contributed by atoms with Gasteiger partial charge < -0.3 is 9.15 Å². The molecule has 1 aromatic heterocycles. The van der Waals surface area contributed by atoms with Gasteiger partial charge in [0.25, 0.3) is 5.69 Å². The minimum Gasteiger partial charge on any atom is -0.451 e. The van der Waals surface area contributed by atoms with Crippen molar-refractivity contribution in [1.82, 2.24) is 0 Å². The number of benzene rings is 2. The van der Waals surface area contributed by atoms with E-state index in [1.165, 1.54) is 30.3 Å². The summed E-state index contributed by atoms with van der Waals surface area (Å²) in [6.45, 7) is -0.425. The van der Waals surface area contributed by atoms with Crippen molar-refractivity contribution < 1.29 is 23.7 Å². The number of nitrogens with zero attached hydrogens (tertiary/aromatic N) is 1. The van der Waals surface area contributed by atoms with Crippen molar-refractivity contribution in [3.63, 3.8) is 0 Å². The van der Waals surface area contributed by atoms with Crippen molar-refractivity contribution in [3.8, 4) is 11.3 Å². The van der Waals surface area contributed by atoms with Crippen molar-refractivity contribution in [2.75, 3.05) is 6.61 Å². The van der Waals surface area contributed by atoms with Crippen molar-refractivity contribution in [3.05, 3.63) is 87.1 Å². The van der Waals surface area contributed by atoms with E-state index in [0.717, 1.165) is 0 Å². The highest BCUT2D eigenvalue weighted by molar-refractivity contribution is 6.32. The largest absolute Gasteiger partial charge is 0.451 e. The molecule has 0 amide bonds. The van der Waals surface area contributed by atoms with Gasteiger partial charge in [0.1, 0.15) is 10.8 Å². The van der Waals surface area contributed by atoms with Crippen LogP contribution in [-0.4, -0.2) is 23.3 Å². The first-order valence-corrected chi connectivity index (χ1v) is 8.13. The van der Waals surface area contributed by atoms with E-state index in [1.54, 1.807) is 30.3 Å². The molecule has 0 aliphatic rings. The molecule has 2 aromatic carbocycles. The molecule has 136 valence electrons. The molecule has 0 aliphatic heterocycles. The lowest BCUT2D eigenvalue weighted by molar-refractivity contribution is -0.384. The molecule has 0 spiro atoms. The second-order valence-electron chi connectivity index (χ2n) is 5.45. The third kappa shape index (κ3) is 4.21. The molecule has 0 bridgehead atoms. The lowest BCUT2D eigenvalue weighted by Crippen LogP contribution is -2.13. The number of nitro benzene ring substituents is 1. The Morgan fingerprint density at radius 2 is 1.81 bits per heavy atom.